The summed E-state index contributed by atoms with van der Waals surface area (Å²) >= 11 is 5.94. The molecule has 2 rings (SSSR count). The van der Waals surface area contributed by atoms with Gasteiger partial charge in [-0.05, 0) is 42.7 Å². The number of ether oxygens (including phenoxy) is 1. The maximum absolute atomic E-state index is 9.45. The molecule has 94 valence electrons. The lowest BCUT2D eigenvalue weighted by molar-refractivity contribution is 0.413. The Bertz CT molecular complexity index is 591. The van der Waals surface area contributed by atoms with E-state index in [0.29, 0.717) is 5.02 Å². The minimum absolute atomic E-state index is 0.0863. The van der Waals surface area contributed by atoms with Gasteiger partial charge in [-0.2, -0.15) is 0 Å². The van der Waals surface area contributed by atoms with E-state index in [2.05, 4.69) is 0 Å². The van der Waals surface area contributed by atoms with Gasteiger partial charge >= 0.3 is 0 Å². The first-order valence-electron chi connectivity index (χ1n) is 5.67. The van der Waals surface area contributed by atoms with Crippen molar-refractivity contribution in [3.63, 3.8) is 0 Å². The molecule has 2 aromatic rings. The zero-order valence-corrected chi connectivity index (χ0v) is 11.4. The van der Waals surface area contributed by atoms with E-state index in [1.165, 1.54) is 5.56 Å². The lowest BCUT2D eigenvalue weighted by atomic mass is 9.98. The third-order valence-electron chi connectivity index (χ3n) is 3.14. The summed E-state index contributed by atoms with van der Waals surface area (Å²) < 4.78 is 5.48. The van der Waals surface area contributed by atoms with Crippen LogP contribution in [0.15, 0.2) is 30.3 Å². The molecule has 2 aromatic carbocycles. The Balaban J connectivity index is 2.63. The molecule has 3 heteroatoms. The van der Waals surface area contributed by atoms with Crippen LogP contribution in [-0.4, -0.2) is 12.2 Å². The summed E-state index contributed by atoms with van der Waals surface area (Å²) in [7, 11) is 1.66. The van der Waals surface area contributed by atoms with E-state index in [0.717, 1.165) is 22.4 Å². The number of hydrogen-bond acceptors (Lipinski definition) is 2. The van der Waals surface area contributed by atoms with Crippen LogP contribution in [0.2, 0.25) is 5.02 Å². The summed E-state index contributed by atoms with van der Waals surface area (Å²) in [4.78, 5) is 0. The smallest absolute Gasteiger partial charge is 0.134 e. The molecule has 0 aromatic heterocycles. The number of methoxy groups -OCH3 is 1. The lowest BCUT2D eigenvalue weighted by Crippen LogP contribution is -1.93. The normalized spacial score (nSPS) is 10.4. The van der Waals surface area contributed by atoms with Crippen molar-refractivity contribution in [2.75, 3.05) is 7.11 Å². The monoisotopic (exact) mass is 262 g/mol. The molecule has 0 unspecified atom stereocenters. The number of aryl methyl sites for hydroxylation is 1. The van der Waals surface area contributed by atoms with Gasteiger partial charge in [0.25, 0.3) is 0 Å². The van der Waals surface area contributed by atoms with E-state index in [4.69, 9.17) is 16.3 Å². The van der Waals surface area contributed by atoms with Crippen LogP contribution >= 0.6 is 11.6 Å². The number of benzene rings is 2. The Kier molecular flexibility index (Phi) is 3.48. The predicted octanol–water partition coefficient (Wildman–Crippen LogP) is 4.34. The fourth-order valence-electron chi connectivity index (χ4n) is 1.95. The predicted molar refractivity (Wildman–Crippen MR) is 74.6 cm³/mol. The molecule has 0 fully saturated rings. The van der Waals surface area contributed by atoms with Gasteiger partial charge in [-0.3, -0.25) is 0 Å². The summed E-state index contributed by atoms with van der Waals surface area (Å²) in [5.41, 5.74) is 4.19. The molecule has 0 amide bonds. The Morgan fingerprint density at radius 1 is 1.11 bits per heavy atom. The van der Waals surface area contributed by atoms with Crippen molar-refractivity contribution in [2.24, 2.45) is 0 Å². The maximum Gasteiger partial charge on any atom is 0.134 e. The summed E-state index contributed by atoms with van der Waals surface area (Å²) in [5.74, 6) is 0.931. The quantitative estimate of drug-likeness (QED) is 0.872. The van der Waals surface area contributed by atoms with Gasteiger partial charge in [0.1, 0.15) is 11.5 Å². The van der Waals surface area contributed by atoms with Crippen LogP contribution in [0, 0.1) is 13.8 Å². The van der Waals surface area contributed by atoms with Gasteiger partial charge in [-0.1, -0.05) is 29.8 Å². The van der Waals surface area contributed by atoms with Crippen LogP contribution in [0.5, 0.6) is 11.5 Å². The Hall–Kier alpha value is -1.67. The van der Waals surface area contributed by atoms with Crippen LogP contribution in [-0.2, 0) is 0 Å². The highest BCUT2D eigenvalue weighted by atomic mass is 35.5. The summed E-state index contributed by atoms with van der Waals surface area (Å²) in [6, 6.07) is 9.21. The molecule has 18 heavy (non-hydrogen) atoms. The van der Waals surface area contributed by atoms with Gasteiger partial charge in [-0.15, -0.1) is 0 Å². The number of halogens is 1. The van der Waals surface area contributed by atoms with Gasteiger partial charge in [-0.25, -0.2) is 0 Å². The van der Waals surface area contributed by atoms with E-state index in [9.17, 15) is 5.11 Å². The SMILES string of the molecule is COc1c(-c2ccc(O)c(Cl)c2)ccc(C)c1C. The van der Waals surface area contributed by atoms with E-state index in [-0.39, 0.29) is 5.75 Å². The molecule has 0 saturated carbocycles. The maximum atomic E-state index is 9.45. The molecule has 0 spiro atoms. The van der Waals surface area contributed by atoms with Crippen LogP contribution in [0.1, 0.15) is 11.1 Å². The minimum Gasteiger partial charge on any atom is -0.506 e. The second-order valence-corrected chi connectivity index (χ2v) is 4.66. The fraction of sp³-hybridized carbons (Fsp3) is 0.200. The highest BCUT2D eigenvalue weighted by Gasteiger charge is 2.11. The van der Waals surface area contributed by atoms with Gasteiger partial charge in [0.2, 0.25) is 0 Å². The Morgan fingerprint density at radius 3 is 2.44 bits per heavy atom. The van der Waals surface area contributed by atoms with E-state index < -0.39 is 0 Å². The van der Waals surface area contributed by atoms with Crippen molar-refractivity contribution in [3.8, 4) is 22.6 Å². The van der Waals surface area contributed by atoms with Crippen LogP contribution in [0.3, 0.4) is 0 Å². The summed E-state index contributed by atoms with van der Waals surface area (Å²) in [6.07, 6.45) is 0. The van der Waals surface area contributed by atoms with Crippen molar-refractivity contribution in [3.05, 3.63) is 46.5 Å². The first kappa shape index (κ1) is 12.8. The van der Waals surface area contributed by atoms with Crippen molar-refractivity contribution in [1.29, 1.82) is 0 Å². The summed E-state index contributed by atoms with van der Waals surface area (Å²) in [5, 5.41) is 9.79. The average molecular weight is 263 g/mol. The first-order chi connectivity index (χ1) is 8.54. The van der Waals surface area contributed by atoms with Gasteiger partial charge in [0.15, 0.2) is 0 Å². The molecule has 2 nitrogen and oxygen atoms in total. The largest absolute Gasteiger partial charge is 0.506 e. The van der Waals surface area contributed by atoms with Crippen molar-refractivity contribution in [2.45, 2.75) is 13.8 Å². The van der Waals surface area contributed by atoms with Crippen LogP contribution < -0.4 is 4.74 Å². The van der Waals surface area contributed by atoms with Crippen molar-refractivity contribution < 1.29 is 9.84 Å². The van der Waals surface area contributed by atoms with Gasteiger partial charge in [0.05, 0.1) is 12.1 Å². The average Bonchev–Trinajstić information content (AvgIpc) is 2.36. The van der Waals surface area contributed by atoms with E-state index in [1.807, 2.05) is 32.0 Å². The van der Waals surface area contributed by atoms with E-state index >= 15 is 0 Å². The second kappa shape index (κ2) is 4.91. The molecule has 0 saturated heterocycles. The molecule has 0 aliphatic carbocycles. The third-order valence-corrected chi connectivity index (χ3v) is 3.44. The van der Waals surface area contributed by atoms with E-state index in [1.54, 1.807) is 19.2 Å². The molecule has 0 heterocycles. The number of phenolic OH excluding ortho intramolecular Hbond substituents is 1. The lowest BCUT2D eigenvalue weighted by Gasteiger charge is -2.14. The zero-order chi connectivity index (χ0) is 13.3. The minimum atomic E-state index is 0.0863. The summed E-state index contributed by atoms with van der Waals surface area (Å²) in [6.45, 7) is 4.07. The number of aromatic hydroxyl groups is 1. The highest BCUT2D eigenvalue weighted by Crippen LogP contribution is 2.37. The topological polar surface area (TPSA) is 29.5 Å². The second-order valence-electron chi connectivity index (χ2n) is 4.25. The fourth-order valence-corrected chi connectivity index (χ4v) is 2.14. The van der Waals surface area contributed by atoms with Gasteiger partial charge < -0.3 is 9.84 Å². The molecule has 1 N–H and O–H groups in total. The van der Waals surface area contributed by atoms with Crippen LogP contribution in [0.25, 0.3) is 11.1 Å². The molecular formula is C15H15ClO2. The van der Waals surface area contributed by atoms with Crippen molar-refractivity contribution in [1.82, 2.24) is 0 Å². The zero-order valence-electron chi connectivity index (χ0n) is 10.6. The number of phenols is 1. The number of rotatable bonds is 2. The molecular weight excluding hydrogens is 248 g/mol. The first-order valence-corrected chi connectivity index (χ1v) is 6.05. The standard InChI is InChI=1S/C15H15ClO2/c1-9-4-6-12(15(18-3)10(9)2)11-5-7-14(17)13(16)8-11/h4-8,17H,1-3H3. The molecule has 0 bridgehead atoms. The molecule has 0 radical (unpaired) electrons. The molecule has 0 aliphatic rings. The highest BCUT2D eigenvalue weighted by molar-refractivity contribution is 6.32. The molecule has 0 aliphatic heterocycles. The van der Waals surface area contributed by atoms with Gasteiger partial charge in [0, 0.05) is 5.56 Å². The van der Waals surface area contributed by atoms with Crippen molar-refractivity contribution >= 4 is 11.6 Å². The third kappa shape index (κ3) is 2.16. The number of hydrogen-bond donors (Lipinski definition) is 1. The van der Waals surface area contributed by atoms with Crippen LogP contribution in [0.4, 0.5) is 0 Å². The Morgan fingerprint density at radius 2 is 1.83 bits per heavy atom. The Labute approximate surface area is 112 Å². The molecule has 0 atom stereocenters.